The molecule has 2 aromatic carbocycles. The third kappa shape index (κ3) is 4.22. The minimum atomic E-state index is -0.0370. The Hall–Kier alpha value is -2.99. The van der Waals surface area contributed by atoms with Crippen molar-refractivity contribution in [2.45, 2.75) is 38.8 Å². The average molecular weight is 390 g/mol. The van der Waals surface area contributed by atoms with Crippen molar-refractivity contribution < 1.29 is 4.79 Å². The topological polar surface area (TPSA) is 63.1 Å². The van der Waals surface area contributed by atoms with E-state index in [-0.39, 0.29) is 11.9 Å². The van der Waals surface area contributed by atoms with Gasteiger partial charge in [-0.05, 0) is 70.1 Å². The van der Waals surface area contributed by atoms with Gasteiger partial charge in [0.2, 0.25) is 0 Å². The predicted molar refractivity (Wildman–Crippen MR) is 114 cm³/mol. The molecule has 1 N–H and O–H groups in total. The number of amides is 1. The molecule has 6 heteroatoms. The van der Waals surface area contributed by atoms with Crippen molar-refractivity contribution in [2.75, 3.05) is 14.1 Å². The molecule has 1 saturated carbocycles. The molecule has 1 unspecified atom stereocenters. The molecule has 1 atom stereocenters. The van der Waals surface area contributed by atoms with E-state index in [1.165, 1.54) is 5.56 Å². The fourth-order valence-corrected chi connectivity index (χ4v) is 3.24. The van der Waals surface area contributed by atoms with E-state index < -0.39 is 0 Å². The number of carbonyl (C=O) groups excluding carboxylic acids is 1. The van der Waals surface area contributed by atoms with Crippen LogP contribution < -0.4 is 5.32 Å². The van der Waals surface area contributed by atoms with E-state index in [1.54, 1.807) is 6.33 Å². The van der Waals surface area contributed by atoms with Gasteiger partial charge < -0.3 is 5.32 Å². The monoisotopic (exact) mass is 389 g/mol. The predicted octanol–water partition coefficient (Wildman–Crippen LogP) is 3.76. The van der Waals surface area contributed by atoms with Crippen LogP contribution in [-0.4, -0.2) is 45.7 Å². The summed E-state index contributed by atoms with van der Waals surface area (Å²) >= 11 is 0. The molecular formula is C23H27N5O. The lowest BCUT2D eigenvalue weighted by Gasteiger charge is -2.20. The van der Waals surface area contributed by atoms with Gasteiger partial charge in [-0.15, -0.1) is 0 Å². The summed E-state index contributed by atoms with van der Waals surface area (Å²) in [5, 5.41) is 7.55. The molecule has 0 aliphatic heterocycles. The zero-order valence-corrected chi connectivity index (χ0v) is 17.4. The third-order valence-corrected chi connectivity index (χ3v) is 5.44. The molecule has 0 bridgehead atoms. The van der Waals surface area contributed by atoms with Crippen LogP contribution in [0.5, 0.6) is 0 Å². The van der Waals surface area contributed by atoms with E-state index in [2.05, 4.69) is 64.5 Å². The summed E-state index contributed by atoms with van der Waals surface area (Å²) in [7, 11) is 4.03. The van der Waals surface area contributed by atoms with E-state index in [4.69, 9.17) is 0 Å². The highest BCUT2D eigenvalue weighted by Gasteiger charge is 2.25. The van der Waals surface area contributed by atoms with Crippen molar-refractivity contribution >= 4 is 5.91 Å². The second kappa shape index (κ2) is 7.79. The molecule has 1 heterocycles. The molecule has 1 amide bonds. The maximum absolute atomic E-state index is 12.8. The smallest absolute Gasteiger partial charge is 0.251 e. The third-order valence-electron chi connectivity index (χ3n) is 5.44. The summed E-state index contributed by atoms with van der Waals surface area (Å²) in [6.45, 7) is 4.16. The quantitative estimate of drug-likeness (QED) is 0.697. The van der Waals surface area contributed by atoms with Gasteiger partial charge in [-0.25, -0.2) is 9.67 Å². The standard InChI is InChI=1S/C23H27N5O/c1-15-5-7-17(8-6-15)18-11-19(23(29)26-20-9-10-20)13-21(12-18)28-22(24-14-25-28)16(2)27(3)4/h5-8,11-14,16,20H,9-10H2,1-4H3,(H,26,29). The maximum atomic E-state index is 12.8. The Balaban J connectivity index is 1.81. The number of hydrogen-bond acceptors (Lipinski definition) is 4. The molecule has 29 heavy (non-hydrogen) atoms. The van der Waals surface area contributed by atoms with Crippen LogP contribution in [0.2, 0.25) is 0 Å². The van der Waals surface area contributed by atoms with Crippen molar-refractivity contribution in [2.24, 2.45) is 0 Å². The van der Waals surface area contributed by atoms with Crippen LogP contribution >= 0.6 is 0 Å². The van der Waals surface area contributed by atoms with Crippen molar-refractivity contribution in [3.63, 3.8) is 0 Å². The van der Waals surface area contributed by atoms with E-state index in [0.29, 0.717) is 11.6 Å². The molecule has 0 saturated heterocycles. The molecule has 1 fully saturated rings. The van der Waals surface area contributed by atoms with Crippen molar-refractivity contribution in [1.82, 2.24) is 25.0 Å². The largest absolute Gasteiger partial charge is 0.349 e. The molecule has 1 aliphatic rings. The first-order valence-corrected chi connectivity index (χ1v) is 10.0. The van der Waals surface area contributed by atoms with Crippen molar-refractivity contribution in [3.05, 3.63) is 65.7 Å². The molecular weight excluding hydrogens is 362 g/mol. The molecule has 150 valence electrons. The summed E-state index contributed by atoms with van der Waals surface area (Å²) in [5.74, 6) is 0.801. The van der Waals surface area contributed by atoms with Crippen LogP contribution in [0.1, 0.15) is 47.6 Å². The highest BCUT2D eigenvalue weighted by molar-refractivity contribution is 5.96. The number of hydrogen-bond donors (Lipinski definition) is 1. The van der Waals surface area contributed by atoms with Gasteiger partial charge in [0.1, 0.15) is 12.2 Å². The number of aryl methyl sites for hydroxylation is 1. The average Bonchev–Trinajstić information content (AvgIpc) is 3.39. The minimum absolute atomic E-state index is 0.0370. The molecule has 6 nitrogen and oxygen atoms in total. The summed E-state index contributed by atoms with van der Waals surface area (Å²) in [6, 6.07) is 14.7. The Bertz CT molecular complexity index is 1020. The van der Waals surface area contributed by atoms with Gasteiger partial charge >= 0.3 is 0 Å². The molecule has 1 aliphatic carbocycles. The molecule has 0 radical (unpaired) electrons. The first-order valence-electron chi connectivity index (χ1n) is 10.0. The van der Waals surface area contributed by atoms with Gasteiger partial charge in [-0.2, -0.15) is 5.10 Å². The van der Waals surface area contributed by atoms with E-state index in [0.717, 1.165) is 35.5 Å². The summed E-state index contributed by atoms with van der Waals surface area (Å²) in [4.78, 5) is 19.4. The van der Waals surface area contributed by atoms with Gasteiger partial charge in [0, 0.05) is 11.6 Å². The number of carbonyl (C=O) groups is 1. The lowest BCUT2D eigenvalue weighted by Crippen LogP contribution is -2.25. The fraction of sp³-hybridized carbons (Fsp3) is 0.348. The number of aromatic nitrogens is 3. The fourth-order valence-electron chi connectivity index (χ4n) is 3.24. The number of rotatable bonds is 6. The zero-order chi connectivity index (χ0) is 20.5. The van der Waals surface area contributed by atoms with Crippen LogP contribution in [0.3, 0.4) is 0 Å². The maximum Gasteiger partial charge on any atom is 0.251 e. The highest BCUT2D eigenvalue weighted by Crippen LogP contribution is 2.27. The molecule has 0 spiro atoms. The Labute approximate surface area is 171 Å². The minimum Gasteiger partial charge on any atom is -0.349 e. The number of benzene rings is 2. The normalized spacial score (nSPS) is 14.8. The van der Waals surface area contributed by atoms with Crippen molar-refractivity contribution in [3.8, 4) is 16.8 Å². The van der Waals surface area contributed by atoms with E-state index >= 15 is 0 Å². The van der Waals surface area contributed by atoms with Gasteiger partial charge in [-0.1, -0.05) is 29.8 Å². The molecule has 4 rings (SSSR count). The van der Waals surface area contributed by atoms with Crippen LogP contribution in [0.4, 0.5) is 0 Å². The van der Waals surface area contributed by atoms with E-state index in [1.807, 2.05) is 30.9 Å². The van der Waals surface area contributed by atoms with Gasteiger partial charge in [0.15, 0.2) is 0 Å². The number of nitrogens with zero attached hydrogens (tertiary/aromatic N) is 4. The second-order valence-corrected chi connectivity index (χ2v) is 8.05. The Kier molecular flexibility index (Phi) is 5.20. The van der Waals surface area contributed by atoms with Crippen LogP contribution in [0.15, 0.2) is 48.8 Å². The van der Waals surface area contributed by atoms with E-state index in [9.17, 15) is 4.79 Å². The van der Waals surface area contributed by atoms with Crippen LogP contribution in [-0.2, 0) is 0 Å². The lowest BCUT2D eigenvalue weighted by molar-refractivity contribution is 0.0951. The van der Waals surface area contributed by atoms with Gasteiger partial charge in [-0.3, -0.25) is 9.69 Å². The second-order valence-electron chi connectivity index (χ2n) is 8.05. The van der Waals surface area contributed by atoms with Crippen molar-refractivity contribution in [1.29, 1.82) is 0 Å². The first kappa shape index (κ1) is 19.3. The van der Waals surface area contributed by atoms with Crippen LogP contribution in [0, 0.1) is 6.92 Å². The Morgan fingerprint density at radius 3 is 2.52 bits per heavy atom. The first-order chi connectivity index (χ1) is 13.9. The highest BCUT2D eigenvalue weighted by atomic mass is 16.1. The van der Waals surface area contributed by atoms with Gasteiger partial charge in [0.25, 0.3) is 5.91 Å². The zero-order valence-electron chi connectivity index (χ0n) is 17.4. The lowest BCUT2D eigenvalue weighted by atomic mass is 10.0. The Morgan fingerprint density at radius 1 is 1.14 bits per heavy atom. The summed E-state index contributed by atoms with van der Waals surface area (Å²) in [5.41, 5.74) is 4.74. The number of nitrogens with one attached hydrogen (secondary N) is 1. The summed E-state index contributed by atoms with van der Waals surface area (Å²) in [6.07, 6.45) is 3.69. The SMILES string of the molecule is Cc1ccc(-c2cc(C(=O)NC3CC3)cc(-n3ncnc3C(C)N(C)C)c2)cc1. The van der Waals surface area contributed by atoms with Crippen LogP contribution in [0.25, 0.3) is 16.8 Å². The van der Waals surface area contributed by atoms with Gasteiger partial charge in [0.05, 0.1) is 11.7 Å². The molecule has 1 aromatic heterocycles. The summed E-state index contributed by atoms with van der Waals surface area (Å²) < 4.78 is 1.83. The molecule has 3 aromatic rings. The Morgan fingerprint density at radius 2 is 1.86 bits per heavy atom.